The van der Waals surface area contributed by atoms with Gasteiger partial charge in [-0.05, 0) is 50.3 Å². The molecule has 0 aliphatic carbocycles. The lowest BCUT2D eigenvalue weighted by Gasteiger charge is -2.40. The zero-order valence-corrected chi connectivity index (χ0v) is 22.3. The van der Waals surface area contributed by atoms with Crippen LogP contribution in [0.5, 0.6) is 0 Å². The number of amides is 3. The Labute approximate surface area is 222 Å². The molecule has 0 saturated carbocycles. The summed E-state index contributed by atoms with van der Waals surface area (Å²) in [6.07, 6.45) is 1.20. The minimum absolute atomic E-state index is 0.0362. The van der Waals surface area contributed by atoms with Crippen LogP contribution in [0.1, 0.15) is 32.8 Å². The number of hydrogen-bond acceptors (Lipinski definition) is 5. The number of likely N-dealkylation sites (tertiary alicyclic amines) is 1. The summed E-state index contributed by atoms with van der Waals surface area (Å²) >= 11 is 1.64. The minimum Gasteiger partial charge on any atom is -0.394 e. The van der Waals surface area contributed by atoms with E-state index < -0.39 is 28.7 Å². The fourth-order valence-corrected chi connectivity index (χ4v) is 9.11. The third kappa shape index (κ3) is 4.34. The Bertz CT molecular complexity index is 1160. The number of rotatable bonds is 8. The quantitative estimate of drug-likeness (QED) is 0.496. The van der Waals surface area contributed by atoms with Crippen LogP contribution in [-0.4, -0.2) is 62.5 Å². The van der Waals surface area contributed by atoms with E-state index in [4.69, 9.17) is 0 Å². The van der Waals surface area contributed by atoms with Gasteiger partial charge in [0.15, 0.2) is 0 Å². The van der Waals surface area contributed by atoms with E-state index in [1.165, 1.54) is 0 Å². The molecule has 3 N–H and O–H groups in total. The predicted octanol–water partition coefficient (Wildman–Crippen LogP) is 3.09. The van der Waals surface area contributed by atoms with Crippen molar-refractivity contribution in [2.75, 3.05) is 11.9 Å². The SMILES string of the molecule is CC(C)NC(=O)C1N([C@@H](CO)Cc2ccccc2)C(=O)[C@@H]2[C@H](C(=O)Nc3ccccc3)[C@@H]3CC(C)C12S3. The molecule has 7 atom stereocenters. The average molecular weight is 522 g/mol. The molecule has 0 aromatic heterocycles. The first-order valence-corrected chi connectivity index (χ1v) is 14.0. The molecule has 3 fully saturated rings. The Morgan fingerprint density at radius 3 is 2.35 bits per heavy atom. The molecule has 37 heavy (non-hydrogen) atoms. The zero-order chi connectivity index (χ0) is 26.3. The Morgan fingerprint density at radius 1 is 1.08 bits per heavy atom. The standard InChI is InChI=1S/C29H35N3O4S/c1-17(2)30-27(35)25-29-18(3)14-22(37-29)23(26(34)31-20-12-8-5-9-13-20)24(29)28(36)32(25)21(16-33)15-19-10-6-4-7-11-19/h4-13,17-18,21-25,33H,14-16H2,1-3H3,(H,30,35)(H,31,34)/t18?,21-,22+,23-,24+,25?,29?/m1/s1. The van der Waals surface area contributed by atoms with E-state index in [0.717, 1.165) is 12.0 Å². The molecule has 2 bridgehead atoms. The molecule has 2 aromatic rings. The molecule has 3 aliphatic heterocycles. The second-order valence-electron chi connectivity index (χ2n) is 10.8. The molecule has 3 saturated heterocycles. The lowest BCUT2D eigenvalue weighted by molar-refractivity contribution is -0.142. The Hall–Kier alpha value is -2.84. The summed E-state index contributed by atoms with van der Waals surface area (Å²) < 4.78 is -0.719. The number of thioether (sulfide) groups is 1. The molecular formula is C29H35N3O4S. The number of fused-ring (bicyclic) bond motifs is 1. The van der Waals surface area contributed by atoms with Gasteiger partial charge in [0, 0.05) is 17.0 Å². The van der Waals surface area contributed by atoms with Crippen LogP contribution < -0.4 is 10.6 Å². The van der Waals surface area contributed by atoms with Crippen molar-refractivity contribution >= 4 is 35.2 Å². The summed E-state index contributed by atoms with van der Waals surface area (Å²) in [4.78, 5) is 43.4. The summed E-state index contributed by atoms with van der Waals surface area (Å²) in [7, 11) is 0. The highest BCUT2D eigenvalue weighted by molar-refractivity contribution is 8.02. The molecule has 3 heterocycles. The van der Waals surface area contributed by atoms with Crippen molar-refractivity contribution in [3.63, 3.8) is 0 Å². The molecule has 196 valence electrons. The molecule has 8 heteroatoms. The summed E-state index contributed by atoms with van der Waals surface area (Å²) in [5.74, 6) is -1.67. The fourth-order valence-electron chi connectivity index (χ4n) is 6.70. The zero-order valence-electron chi connectivity index (χ0n) is 21.5. The monoisotopic (exact) mass is 521 g/mol. The maximum absolute atomic E-state index is 14.3. The Balaban J connectivity index is 1.54. The summed E-state index contributed by atoms with van der Waals surface area (Å²) in [6.45, 7) is 5.64. The van der Waals surface area contributed by atoms with Crippen LogP contribution in [-0.2, 0) is 20.8 Å². The third-order valence-electron chi connectivity index (χ3n) is 8.13. The second-order valence-corrected chi connectivity index (χ2v) is 12.4. The summed E-state index contributed by atoms with van der Waals surface area (Å²) in [5, 5.41) is 16.5. The van der Waals surface area contributed by atoms with Crippen molar-refractivity contribution in [2.45, 2.75) is 61.7 Å². The lowest BCUT2D eigenvalue weighted by atomic mass is 9.65. The van der Waals surface area contributed by atoms with E-state index in [-0.39, 0.29) is 41.5 Å². The molecule has 7 nitrogen and oxygen atoms in total. The molecule has 3 unspecified atom stereocenters. The van der Waals surface area contributed by atoms with Gasteiger partial charge in [0.25, 0.3) is 0 Å². The van der Waals surface area contributed by atoms with Crippen LogP contribution in [0.25, 0.3) is 0 Å². The Morgan fingerprint density at radius 2 is 1.73 bits per heavy atom. The van der Waals surface area contributed by atoms with E-state index in [0.29, 0.717) is 12.1 Å². The van der Waals surface area contributed by atoms with Gasteiger partial charge in [-0.25, -0.2) is 0 Å². The van der Waals surface area contributed by atoms with Gasteiger partial charge >= 0.3 is 0 Å². The average Bonchev–Trinajstić information content (AvgIpc) is 3.47. The van der Waals surface area contributed by atoms with Crippen molar-refractivity contribution in [2.24, 2.45) is 17.8 Å². The molecule has 0 radical (unpaired) electrons. The number of aliphatic hydroxyl groups excluding tert-OH is 1. The highest BCUT2D eigenvalue weighted by Gasteiger charge is 2.76. The van der Waals surface area contributed by atoms with Crippen molar-refractivity contribution < 1.29 is 19.5 Å². The minimum atomic E-state index is -0.757. The van der Waals surface area contributed by atoms with Crippen molar-refractivity contribution in [1.82, 2.24) is 10.2 Å². The number of nitrogens with zero attached hydrogens (tertiary/aromatic N) is 1. The van der Waals surface area contributed by atoms with Crippen LogP contribution in [0, 0.1) is 17.8 Å². The summed E-state index contributed by atoms with van der Waals surface area (Å²) in [5.41, 5.74) is 1.67. The van der Waals surface area contributed by atoms with E-state index >= 15 is 0 Å². The Kier molecular flexibility index (Phi) is 7.07. The van der Waals surface area contributed by atoms with Crippen molar-refractivity contribution in [3.8, 4) is 0 Å². The number of anilines is 1. The molecule has 3 aliphatic rings. The smallest absolute Gasteiger partial charge is 0.244 e. The summed E-state index contributed by atoms with van der Waals surface area (Å²) in [6, 6.07) is 17.6. The molecular weight excluding hydrogens is 486 g/mol. The topological polar surface area (TPSA) is 98.7 Å². The lowest BCUT2D eigenvalue weighted by Crippen LogP contribution is -2.59. The second kappa shape index (κ2) is 10.1. The molecule has 1 spiro atoms. The molecule has 5 rings (SSSR count). The predicted molar refractivity (Wildman–Crippen MR) is 145 cm³/mol. The third-order valence-corrected chi connectivity index (χ3v) is 10.2. The van der Waals surface area contributed by atoms with Gasteiger partial charge < -0.3 is 20.6 Å². The normalized spacial score (nSPS) is 30.9. The van der Waals surface area contributed by atoms with Gasteiger partial charge in [-0.3, -0.25) is 14.4 Å². The number of benzene rings is 2. The van der Waals surface area contributed by atoms with Gasteiger partial charge in [0.05, 0.1) is 29.2 Å². The first kappa shape index (κ1) is 25.8. The van der Waals surface area contributed by atoms with Gasteiger partial charge in [0.2, 0.25) is 17.7 Å². The molecule has 2 aromatic carbocycles. The number of nitrogens with one attached hydrogen (secondary N) is 2. The van der Waals surface area contributed by atoms with Gasteiger partial charge in [-0.1, -0.05) is 55.5 Å². The first-order chi connectivity index (χ1) is 17.8. The van der Waals surface area contributed by atoms with Gasteiger partial charge in [-0.2, -0.15) is 0 Å². The maximum atomic E-state index is 14.3. The van der Waals surface area contributed by atoms with Crippen LogP contribution in [0.15, 0.2) is 60.7 Å². The van der Waals surface area contributed by atoms with Gasteiger partial charge in [-0.15, -0.1) is 11.8 Å². The number of carbonyl (C=O) groups excluding carboxylic acids is 3. The highest BCUT2D eigenvalue weighted by atomic mass is 32.2. The highest BCUT2D eigenvalue weighted by Crippen LogP contribution is 2.68. The number of para-hydroxylation sites is 1. The number of hydrogen-bond donors (Lipinski definition) is 3. The maximum Gasteiger partial charge on any atom is 0.244 e. The number of aliphatic hydroxyl groups is 1. The van der Waals surface area contributed by atoms with E-state index in [1.54, 1.807) is 16.7 Å². The van der Waals surface area contributed by atoms with Gasteiger partial charge in [0.1, 0.15) is 6.04 Å². The first-order valence-electron chi connectivity index (χ1n) is 13.1. The number of carbonyl (C=O) groups is 3. The van der Waals surface area contributed by atoms with Crippen LogP contribution in [0.4, 0.5) is 5.69 Å². The van der Waals surface area contributed by atoms with Crippen molar-refractivity contribution in [1.29, 1.82) is 0 Å². The van der Waals surface area contributed by atoms with Crippen LogP contribution >= 0.6 is 11.8 Å². The van der Waals surface area contributed by atoms with E-state index in [2.05, 4.69) is 17.6 Å². The van der Waals surface area contributed by atoms with Crippen molar-refractivity contribution in [3.05, 3.63) is 66.2 Å². The van der Waals surface area contributed by atoms with Crippen LogP contribution in [0.2, 0.25) is 0 Å². The van der Waals surface area contributed by atoms with Crippen LogP contribution in [0.3, 0.4) is 0 Å². The van der Waals surface area contributed by atoms with E-state index in [1.807, 2.05) is 74.5 Å². The largest absolute Gasteiger partial charge is 0.394 e. The fraction of sp³-hybridized carbons (Fsp3) is 0.483. The molecule has 3 amide bonds. The van der Waals surface area contributed by atoms with E-state index in [9.17, 15) is 19.5 Å².